The summed E-state index contributed by atoms with van der Waals surface area (Å²) < 4.78 is 34.7. The van der Waals surface area contributed by atoms with Crippen LogP contribution in [-0.2, 0) is 19.4 Å². The Hall–Kier alpha value is -2.94. The van der Waals surface area contributed by atoms with Gasteiger partial charge in [0, 0.05) is 0 Å². The van der Waals surface area contributed by atoms with Crippen molar-refractivity contribution in [3.63, 3.8) is 0 Å². The van der Waals surface area contributed by atoms with Crippen molar-refractivity contribution in [2.45, 2.75) is 96.5 Å². The summed E-state index contributed by atoms with van der Waals surface area (Å²) in [4.78, 5) is 0. The fourth-order valence-corrected chi connectivity index (χ4v) is 7.07. The Labute approximate surface area is 239 Å². The first-order valence-corrected chi connectivity index (χ1v) is 15.4. The van der Waals surface area contributed by atoms with E-state index in [0.29, 0.717) is 24.3 Å². The van der Waals surface area contributed by atoms with E-state index in [-0.39, 0.29) is 12.4 Å². The lowest BCUT2D eigenvalue weighted by atomic mass is 9.63. The molecule has 1 nitrogen and oxygen atoms in total. The quantitative estimate of drug-likeness (QED) is 0.232. The summed E-state index contributed by atoms with van der Waals surface area (Å²) in [6.07, 6.45) is 15.3. The zero-order valence-electron chi connectivity index (χ0n) is 24.2. The lowest BCUT2D eigenvalue weighted by Gasteiger charge is -2.42. The lowest BCUT2D eigenvalue weighted by molar-refractivity contribution is 0.141. The number of rotatable bonds is 10. The van der Waals surface area contributed by atoms with Gasteiger partial charge >= 0.3 is 0 Å². The van der Waals surface area contributed by atoms with Gasteiger partial charge in [-0.15, -0.1) is 0 Å². The number of halogens is 2. The second-order valence-electron chi connectivity index (χ2n) is 12.0. The van der Waals surface area contributed by atoms with E-state index in [1.807, 2.05) is 19.1 Å². The van der Waals surface area contributed by atoms with Crippen molar-refractivity contribution in [3.05, 3.63) is 112 Å². The number of aryl methyl sites for hydroxylation is 2. The van der Waals surface area contributed by atoms with Gasteiger partial charge in [0.25, 0.3) is 0 Å². The summed E-state index contributed by atoms with van der Waals surface area (Å²) in [5, 5.41) is 0. The molecule has 2 aliphatic rings. The summed E-state index contributed by atoms with van der Waals surface area (Å²) in [6, 6.07) is 21.2. The number of allylic oxidation sites excluding steroid dienone is 2. The summed E-state index contributed by atoms with van der Waals surface area (Å²) in [6.45, 7) is 4.39. The molecule has 3 aromatic carbocycles. The molecule has 0 radical (unpaired) electrons. The topological polar surface area (TPSA) is 9.23 Å². The fraction of sp³-hybridized carbons (Fsp3) is 0.459. The van der Waals surface area contributed by atoms with Gasteiger partial charge in [0.1, 0.15) is 6.61 Å². The van der Waals surface area contributed by atoms with Gasteiger partial charge in [0.05, 0.1) is 0 Å². The Morgan fingerprint density at radius 3 is 1.90 bits per heavy atom. The molecule has 4 atom stereocenters. The molecule has 0 saturated heterocycles. The molecule has 0 aromatic heterocycles. The summed E-state index contributed by atoms with van der Waals surface area (Å²) >= 11 is 0. The van der Waals surface area contributed by atoms with E-state index >= 15 is 0 Å². The van der Waals surface area contributed by atoms with Crippen molar-refractivity contribution in [1.29, 1.82) is 0 Å². The minimum Gasteiger partial charge on any atom is -0.486 e. The predicted octanol–water partition coefficient (Wildman–Crippen LogP) is 10.5. The molecule has 212 valence electrons. The van der Waals surface area contributed by atoms with Gasteiger partial charge in [0.15, 0.2) is 11.6 Å². The average molecular weight is 543 g/mol. The molecule has 0 aliphatic heterocycles. The highest BCUT2D eigenvalue weighted by molar-refractivity contribution is 5.32. The highest BCUT2D eigenvalue weighted by Gasteiger charge is 2.36. The average Bonchev–Trinajstić information content (AvgIpc) is 2.99. The molecule has 0 N–H and O–H groups in total. The van der Waals surface area contributed by atoms with Gasteiger partial charge < -0.3 is 4.74 Å². The van der Waals surface area contributed by atoms with E-state index in [1.165, 1.54) is 62.5 Å². The van der Waals surface area contributed by atoms with Crippen molar-refractivity contribution < 1.29 is 13.5 Å². The molecule has 2 fully saturated rings. The minimum atomic E-state index is -0.894. The van der Waals surface area contributed by atoms with E-state index in [2.05, 4.69) is 55.5 Å². The zero-order chi connectivity index (χ0) is 27.9. The zero-order valence-corrected chi connectivity index (χ0v) is 24.2. The Kier molecular flexibility index (Phi) is 9.73. The predicted molar refractivity (Wildman–Crippen MR) is 161 cm³/mol. The summed E-state index contributed by atoms with van der Waals surface area (Å²) in [5.74, 6) is 1.30. The molecule has 0 spiro atoms. The largest absolute Gasteiger partial charge is 0.486 e. The van der Waals surface area contributed by atoms with Crippen LogP contribution in [-0.4, -0.2) is 0 Å². The van der Waals surface area contributed by atoms with Crippen LogP contribution < -0.4 is 4.74 Å². The molecule has 3 aromatic rings. The third-order valence-corrected chi connectivity index (χ3v) is 9.39. The lowest BCUT2D eigenvalue weighted by Crippen LogP contribution is -2.29. The first-order valence-electron chi connectivity index (χ1n) is 15.4. The number of hydrogen-bond acceptors (Lipinski definition) is 1. The van der Waals surface area contributed by atoms with Crippen molar-refractivity contribution >= 4 is 0 Å². The molecular weight excluding hydrogens is 498 g/mol. The van der Waals surface area contributed by atoms with E-state index in [0.717, 1.165) is 23.3 Å². The van der Waals surface area contributed by atoms with Crippen LogP contribution in [0.1, 0.15) is 105 Å². The SMILES string of the molecule is CC=CCCc1ccc(OCc2ccc(C3CCC4CC(c5ccc(CCC)cc5)CCC4C3)cc2)c(F)c1F. The third-order valence-electron chi connectivity index (χ3n) is 9.39. The molecular formula is C37H44F2O. The maximum atomic E-state index is 14.6. The number of hydrogen-bond donors (Lipinski definition) is 0. The van der Waals surface area contributed by atoms with E-state index in [1.54, 1.807) is 17.7 Å². The van der Waals surface area contributed by atoms with Gasteiger partial charge in [0.2, 0.25) is 5.82 Å². The molecule has 2 aliphatic carbocycles. The monoisotopic (exact) mass is 542 g/mol. The van der Waals surface area contributed by atoms with Crippen LogP contribution in [0.15, 0.2) is 72.8 Å². The molecule has 40 heavy (non-hydrogen) atoms. The maximum Gasteiger partial charge on any atom is 0.200 e. The number of ether oxygens (including phenoxy) is 1. The van der Waals surface area contributed by atoms with Gasteiger partial charge in [-0.3, -0.25) is 0 Å². The van der Waals surface area contributed by atoms with Gasteiger partial charge in [-0.05, 0) is 122 Å². The van der Waals surface area contributed by atoms with Crippen LogP contribution >= 0.6 is 0 Å². The molecule has 0 bridgehead atoms. The molecule has 0 amide bonds. The van der Waals surface area contributed by atoms with Crippen molar-refractivity contribution in [2.24, 2.45) is 11.8 Å². The second-order valence-corrected chi connectivity index (χ2v) is 12.0. The van der Waals surface area contributed by atoms with Crippen LogP contribution in [0.25, 0.3) is 0 Å². The van der Waals surface area contributed by atoms with Crippen molar-refractivity contribution in [2.75, 3.05) is 0 Å². The van der Waals surface area contributed by atoms with E-state index in [4.69, 9.17) is 4.74 Å². The van der Waals surface area contributed by atoms with Crippen molar-refractivity contribution in [1.82, 2.24) is 0 Å². The maximum absolute atomic E-state index is 14.6. The summed E-state index contributed by atoms with van der Waals surface area (Å²) in [5.41, 5.74) is 5.76. The van der Waals surface area contributed by atoms with E-state index in [9.17, 15) is 8.78 Å². The Bertz CT molecular complexity index is 1260. The molecule has 2 saturated carbocycles. The van der Waals surface area contributed by atoms with Crippen LogP contribution in [0.2, 0.25) is 0 Å². The normalized spacial score (nSPS) is 22.8. The number of fused-ring (bicyclic) bond motifs is 1. The second kappa shape index (κ2) is 13.6. The molecule has 0 heterocycles. The molecule has 5 rings (SSSR count). The smallest absolute Gasteiger partial charge is 0.200 e. The van der Waals surface area contributed by atoms with Gasteiger partial charge in [-0.2, -0.15) is 4.39 Å². The van der Waals surface area contributed by atoms with Gasteiger partial charge in [-0.25, -0.2) is 4.39 Å². The van der Waals surface area contributed by atoms with Crippen LogP contribution in [0.4, 0.5) is 8.78 Å². The van der Waals surface area contributed by atoms with Crippen LogP contribution in [0.3, 0.4) is 0 Å². The first kappa shape index (κ1) is 28.6. The molecule has 3 heteroatoms. The highest BCUT2D eigenvalue weighted by Crippen LogP contribution is 2.49. The molecule has 4 unspecified atom stereocenters. The van der Waals surface area contributed by atoms with Gasteiger partial charge in [-0.1, -0.05) is 80.1 Å². The summed E-state index contributed by atoms with van der Waals surface area (Å²) in [7, 11) is 0. The Morgan fingerprint density at radius 1 is 0.725 bits per heavy atom. The number of benzene rings is 3. The van der Waals surface area contributed by atoms with Crippen LogP contribution in [0.5, 0.6) is 5.75 Å². The first-order chi connectivity index (χ1) is 19.6. The van der Waals surface area contributed by atoms with Crippen LogP contribution in [0, 0.1) is 23.5 Å². The van der Waals surface area contributed by atoms with Crippen molar-refractivity contribution in [3.8, 4) is 5.75 Å². The Morgan fingerprint density at radius 2 is 1.32 bits per heavy atom. The van der Waals surface area contributed by atoms with E-state index < -0.39 is 11.6 Å². The highest BCUT2D eigenvalue weighted by atomic mass is 19.2. The Balaban J connectivity index is 1.12. The fourth-order valence-electron chi connectivity index (χ4n) is 7.07. The standard InChI is InChI=1S/C37H44F2O/c1-3-5-6-8-30-21-22-35(37(39)36(30)38)40-25-27-11-15-29(16-12-27)32-18-20-33-23-31(17-19-34(33)24-32)28-13-9-26(7-4-2)10-14-28/h3,5,9-16,21-22,31-34H,4,6-8,17-20,23-25H2,1-2H3. The minimum absolute atomic E-state index is 0.0258. The third kappa shape index (κ3) is 6.85.